The first-order valence-corrected chi connectivity index (χ1v) is 7.39. The van der Waals surface area contributed by atoms with E-state index in [0.29, 0.717) is 36.6 Å². The highest BCUT2D eigenvalue weighted by molar-refractivity contribution is 5.92. The van der Waals surface area contributed by atoms with Crippen LogP contribution in [0.15, 0.2) is 10.9 Å². The first kappa shape index (κ1) is 15.8. The summed E-state index contributed by atoms with van der Waals surface area (Å²) in [6, 6.07) is 1.53. The number of aromatic nitrogens is 1. The van der Waals surface area contributed by atoms with Crippen LogP contribution in [0, 0.1) is 13.8 Å². The largest absolute Gasteiger partial charge is 0.462 e. The molecule has 2 heterocycles. The number of hydrogen-bond donors (Lipinski definition) is 0. The minimum absolute atomic E-state index is 0.0672. The zero-order chi connectivity index (χ0) is 15.6. The lowest BCUT2D eigenvalue weighted by molar-refractivity contribution is 0.0267. The number of esters is 1. The summed E-state index contributed by atoms with van der Waals surface area (Å²) in [4.78, 5) is 24.6. The zero-order valence-corrected chi connectivity index (χ0v) is 13.2. The number of nitrogens with zero attached hydrogens (tertiary/aromatic N) is 1. The van der Waals surface area contributed by atoms with Crippen LogP contribution in [0.1, 0.15) is 48.3 Å². The van der Waals surface area contributed by atoms with E-state index in [1.807, 2.05) is 13.8 Å². The van der Waals surface area contributed by atoms with Crippen LogP contribution in [0.4, 0.5) is 0 Å². The van der Waals surface area contributed by atoms with Crippen LogP contribution in [0.3, 0.4) is 0 Å². The Labute approximate surface area is 124 Å². The Morgan fingerprint density at radius 1 is 1.38 bits per heavy atom. The Morgan fingerprint density at radius 3 is 2.57 bits per heavy atom. The molecule has 0 N–H and O–H groups in total. The van der Waals surface area contributed by atoms with Crippen LogP contribution in [-0.4, -0.2) is 30.4 Å². The highest BCUT2D eigenvalue weighted by Gasteiger charge is 2.33. The van der Waals surface area contributed by atoms with Crippen molar-refractivity contribution in [1.29, 1.82) is 0 Å². The normalized spacial score (nSPS) is 17.5. The van der Waals surface area contributed by atoms with Gasteiger partial charge in [-0.05, 0) is 46.1 Å². The number of carbonyl (C=O) groups is 1. The maximum absolute atomic E-state index is 12.5. The van der Waals surface area contributed by atoms with Crippen LogP contribution < -0.4 is 5.56 Å². The Bertz CT molecular complexity index is 597. The van der Waals surface area contributed by atoms with Gasteiger partial charge in [-0.15, -0.1) is 0 Å². The number of carbonyl (C=O) groups excluding carboxylic acids is 1. The van der Waals surface area contributed by atoms with E-state index in [4.69, 9.17) is 9.47 Å². The van der Waals surface area contributed by atoms with Gasteiger partial charge in [0.15, 0.2) is 0 Å². The zero-order valence-electron chi connectivity index (χ0n) is 13.2. The second-order valence-electron chi connectivity index (χ2n) is 5.79. The molecule has 1 fully saturated rings. The first-order valence-electron chi connectivity index (χ1n) is 7.39. The highest BCUT2D eigenvalue weighted by Crippen LogP contribution is 2.29. The second-order valence-corrected chi connectivity index (χ2v) is 5.79. The maximum atomic E-state index is 12.5. The minimum Gasteiger partial charge on any atom is -0.462 e. The van der Waals surface area contributed by atoms with Gasteiger partial charge < -0.3 is 14.0 Å². The summed E-state index contributed by atoms with van der Waals surface area (Å²) >= 11 is 0. The molecule has 1 aromatic rings. The third-order valence-corrected chi connectivity index (χ3v) is 4.24. The minimum atomic E-state index is -0.364. The quantitative estimate of drug-likeness (QED) is 0.801. The maximum Gasteiger partial charge on any atom is 0.340 e. The summed E-state index contributed by atoms with van der Waals surface area (Å²) in [5.74, 6) is -0.364. The fourth-order valence-corrected chi connectivity index (χ4v) is 3.10. The highest BCUT2D eigenvalue weighted by atomic mass is 16.5. The number of ether oxygens (including phenoxy) is 2. The Morgan fingerprint density at radius 2 is 2.00 bits per heavy atom. The summed E-state index contributed by atoms with van der Waals surface area (Å²) in [6.07, 6.45) is 1.53. The predicted octanol–water partition coefficient (Wildman–Crippen LogP) is 2.17. The molecule has 116 valence electrons. The number of aryl methyl sites for hydroxylation is 1. The van der Waals surface area contributed by atoms with E-state index in [1.165, 1.54) is 6.07 Å². The predicted molar refractivity (Wildman–Crippen MR) is 79.8 cm³/mol. The molecule has 0 unspecified atom stereocenters. The van der Waals surface area contributed by atoms with Crippen LogP contribution >= 0.6 is 0 Å². The van der Waals surface area contributed by atoms with Crippen molar-refractivity contribution in [3.05, 3.63) is 33.2 Å². The van der Waals surface area contributed by atoms with Crippen molar-refractivity contribution in [2.75, 3.05) is 19.8 Å². The van der Waals surface area contributed by atoms with Crippen molar-refractivity contribution in [2.45, 2.75) is 46.1 Å². The topological polar surface area (TPSA) is 57.5 Å². The van der Waals surface area contributed by atoms with E-state index in [1.54, 1.807) is 18.4 Å². The number of rotatable bonds is 3. The van der Waals surface area contributed by atoms with Crippen LogP contribution in [0.2, 0.25) is 0 Å². The summed E-state index contributed by atoms with van der Waals surface area (Å²) < 4.78 is 12.3. The van der Waals surface area contributed by atoms with Gasteiger partial charge in [0.2, 0.25) is 0 Å². The lowest BCUT2D eigenvalue weighted by Gasteiger charge is -2.37. The molecular weight excluding hydrogens is 270 g/mol. The lowest BCUT2D eigenvalue weighted by atomic mass is 9.90. The molecule has 0 bridgehead atoms. The van der Waals surface area contributed by atoms with Gasteiger partial charge in [0.1, 0.15) is 0 Å². The molecule has 5 heteroatoms. The molecule has 0 aliphatic carbocycles. The van der Waals surface area contributed by atoms with Gasteiger partial charge in [-0.2, -0.15) is 0 Å². The molecule has 0 saturated carbocycles. The lowest BCUT2D eigenvalue weighted by Crippen LogP contribution is -2.44. The van der Waals surface area contributed by atoms with Crippen molar-refractivity contribution >= 4 is 5.97 Å². The smallest absolute Gasteiger partial charge is 0.340 e. The molecule has 1 aromatic heterocycles. The Kier molecular flexibility index (Phi) is 4.52. The van der Waals surface area contributed by atoms with Gasteiger partial charge >= 0.3 is 5.97 Å². The molecule has 0 spiro atoms. The van der Waals surface area contributed by atoms with Crippen LogP contribution in [-0.2, 0) is 15.0 Å². The van der Waals surface area contributed by atoms with Crippen molar-refractivity contribution in [1.82, 2.24) is 4.57 Å². The Hall–Kier alpha value is -1.62. The molecule has 0 aromatic carbocycles. The standard InChI is InChI=1S/C16H23NO4/c1-5-21-15(19)14-11(2)10-13(18)17(12(14)3)16(4)6-8-20-9-7-16/h10H,5-9H2,1-4H3. The van der Waals surface area contributed by atoms with Gasteiger partial charge in [0, 0.05) is 30.5 Å². The summed E-state index contributed by atoms with van der Waals surface area (Å²) in [5.41, 5.74) is 1.48. The fraction of sp³-hybridized carbons (Fsp3) is 0.625. The molecule has 0 atom stereocenters. The molecule has 1 aliphatic heterocycles. The van der Waals surface area contributed by atoms with E-state index in [9.17, 15) is 9.59 Å². The molecule has 5 nitrogen and oxygen atoms in total. The van der Waals surface area contributed by atoms with Gasteiger partial charge in [-0.25, -0.2) is 4.79 Å². The molecule has 0 radical (unpaired) electrons. The summed E-state index contributed by atoms with van der Waals surface area (Å²) in [6.45, 7) is 9.00. The second kappa shape index (κ2) is 6.02. The molecule has 1 aliphatic rings. The molecule has 0 amide bonds. The number of hydrogen-bond acceptors (Lipinski definition) is 4. The molecule has 1 saturated heterocycles. The van der Waals surface area contributed by atoms with Crippen molar-refractivity contribution in [3.63, 3.8) is 0 Å². The van der Waals surface area contributed by atoms with Crippen molar-refractivity contribution in [3.8, 4) is 0 Å². The molecule has 2 rings (SSSR count). The van der Waals surface area contributed by atoms with E-state index in [0.717, 1.165) is 12.8 Å². The van der Waals surface area contributed by atoms with E-state index in [-0.39, 0.29) is 17.1 Å². The average Bonchev–Trinajstić information content (AvgIpc) is 2.38. The Balaban J connectivity index is 2.59. The average molecular weight is 293 g/mol. The monoisotopic (exact) mass is 293 g/mol. The fourth-order valence-electron chi connectivity index (χ4n) is 3.10. The van der Waals surface area contributed by atoms with E-state index < -0.39 is 0 Å². The van der Waals surface area contributed by atoms with Gasteiger partial charge in [-0.3, -0.25) is 4.79 Å². The van der Waals surface area contributed by atoms with Gasteiger partial charge in [-0.1, -0.05) is 0 Å². The van der Waals surface area contributed by atoms with E-state index in [2.05, 4.69) is 0 Å². The molecule has 21 heavy (non-hydrogen) atoms. The summed E-state index contributed by atoms with van der Waals surface area (Å²) in [5, 5.41) is 0. The first-order chi connectivity index (χ1) is 9.90. The van der Waals surface area contributed by atoms with Gasteiger partial charge in [0.25, 0.3) is 5.56 Å². The van der Waals surface area contributed by atoms with Crippen LogP contribution in [0.5, 0.6) is 0 Å². The number of pyridine rings is 1. The van der Waals surface area contributed by atoms with E-state index >= 15 is 0 Å². The third kappa shape index (κ3) is 2.88. The van der Waals surface area contributed by atoms with Crippen molar-refractivity contribution in [2.24, 2.45) is 0 Å². The summed E-state index contributed by atoms with van der Waals surface area (Å²) in [7, 11) is 0. The van der Waals surface area contributed by atoms with Gasteiger partial charge in [0.05, 0.1) is 12.2 Å². The third-order valence-electron chi connectivity index (χ3n) is 4.24. The SMILES string of the molecule is CCOC(=O)c1c(C)cc(=O)n(C2(C)CCOCC2)c1C. The molecular formula is C16H23NO4. The van der Waals surface area contributed by atoms with Crippen molar-refractivity contribution < 1.29 is 14.3 Å². The van der Waals surface area contributed by atoms with Crippen LogP contribution in [0.25, 0.3) is 0 Å².